The molecule has 0 bridgehead atoms. The zero-order chi connectivity index (χ0) is 13.2. The molecule has 18 heavy (non-hydrogen) atoms. The maximum absolute atomic E-state index is 3.98. The van der Waals surface area contributed by atoms with Gasteiger partial charge in [-0.3, -0.25) is 0 Å². The van der Waals surface area contributed by atoms with Gasteiger partial charge in [-0.2, -0.15) is 0 Å². The van der Waals surface area contributed by atoms with E-state index in [1.54, 1.807) is 0 Å². The highest BCUT2D eigenvalue weighted by atomic mass is 14.4. The summed E-state index contributed by atoms with van der Waals surface area (Å²) in [6, 6.07) is 8.52. The number of hydrogen-bond donors (Lipinski definition) is 0. The molecule has 92 valence electrons. The Morgan fingerprint density at radius 3 is 2.44 bits per heavy atom. The van der Waals surface area contributed by atoms with Crippen molar-refractivity contribution >= 4 is 5.57 Å². The number of allylic oxidation sites excluding steroid dienone is 6. The first kappa shape index (κ1) is 12.6. The van der Waals surface area contributed by atoms with Crippen LogP contribution in [0.25, 0.3) is 5.57 Å². The minimum Gasteiger partial charge on any atom is -0.102 e. The Labute approximate surface area is 110 Å². The number of hydrogen-bond acceptors (Lipinski definition) is 0. The molecule has 0 nitrogen and oxygen atoms in total. The molecule has 0 spiro atoms. The van der Waals surface area contributed by atoms with Crippen LogP contribution in [0.5, 0.6) is 0 Å². The highest BCUT2D eigenvalue weighted by Gasteiger charge is 2.32. The summed E-state index contributed by atoms with van der Waals surface area (Å²) in [6.45, 7) is 12.4. The third-order valence-corrected chi connectivity index (χ3v) is 4.04. The molecular weight excluding hydrogens is 216 g/mol. The van der Waals surface area contributed by atoms with Crippen molar-refractivity contribution in [2.45, 2.75) is 13.8 Å². The van der Waals surface area contributed by atoms with Gasteiger partial charge in [0, 0.05) is 5.41 Å². The van der Waals surface area contributed by atoms with Crippen LogP contribution in [0.1, 0.15) is 18.1 Å². The molecule has 1 aliphatic rings. The molecular formula is C18H20. The van der Waals surface area contributed by atoms with Gasteiger partial charge < -0.3 is 0 Å². The van der Waals surface area contributed by atoms with Crippen LogP contribution >= 0.6 is 0 Å². The molecule has 0 heterocycles. The standard InChI is InChI=1S/C18H20/c1-5-18(6-2)13-9-12-17(15(18)4)16-11-8-7-10-14(16)3/h5-13,15H,1-2H2,3-4H3. The Bertz CT molecular complexity index is 521. The molecule has 1 aromatic rings. The molecule has 0 aromatic heterocycles. The lowest BCUT2D eigenvalue weighted by molar-refractivity contribution is 0.491. The van der Waals surface area contributed by atoms with Crippen molar-refractivity contribution in [1.29, 1.82) is 0 Å². The van der Waals surface area contributed by atoms with E-state index in [2.05, 4.69) is 69.5 Å². The molecule has 0 amide bonds. The Kier molecular flexibility index (Phi) is 3.38. The van der Waals surface area contributed by atoms with E-state index in [9.17, 15) is 0 Å². The summed E-state index contributed by atoms with van der Waals surface area (Å²) in [5.41, 5.74) is 3.86. The van der Waals surface area contributed by atoms with E-state index >= 15 is 0 Å². The van der Waals surface area contributed by atoms with E-state index in [1.165, 1.54) is 16.7 Å². The molecule has 1 atom stereocenters. The van der Waals surface area contributed by atoms with Crippen molar-refractivity contribution < 1.29 is 0 Å². The molecule has 1 unspecified atom stereocenters. The van der Waals surface area contributed by atoms with Crippen molar-refractivity contribution in [1.82, 2.24) is 0 Å². The van der Waals surface area contributed by atoms with Gasteiger partial charge >= 0.3 is 0 Å². The molecule has 2 rings (SSSR count). The quantitative estimate of drug-likeness (QED) is 0.652. The zero-order valence-electron chi connectivity index (χ0n) is 11.2. The first-order valence-corrected chi connectivity index (χ1v) is 6.37. The van der Waals surface area contributed by atoms with Crippen LogP contribution in [0, 0.1) is 18.3 Å². The van der Waals surface area contributed by atoms with E-state index in [0.29, 0.717) is 5.92 Å². The highest BCUT2D eigenvalue weighted by molar-refractivity contribution is 5.74. The Morgan fingerprint density at radius 2 is 1.83 bits per heavy atom. The summed E-state index contributed by atoms with van der Waals surface area (Å²) in [5, 5.41) is 0. The summed E-state index contributed by atoms with van der Waals surface area (Å²) < 4.78 is 0. The topological polar surface area (TPSA) is 0 Å². The lowest BCUT2D eigenvalue weighted by Gasteiger charge is -2.35. The second-order valence-electron chi connectivity index (χ2n) is 4.93. The van der Waals surface area contributed by atoms with E-state index in [-0.39, 0.29) is 5.41 Å². The lowest BCUT2D eigenvalue weighted by Crippen LogP contribution is -2.25. The summed E-state index contributed by atoms with van der Waals surface area (Å²) in [5.74, 6) is 0.360. The molecule has 0 saturated carbocycles. The van der Waals surface area contributed by atoms with Crippen LogP contribution in [0.15, 0.2) is 67.8 Å². The van der Waals surface area contributed by atoms with Crippen molar-refractivity contribution in [2.75, 3.05) is 0 Å². The zero-order valence-corrected chi connectivity index (χ0v) is 11.2. The first-order chi connectivity index (χ1) is 8.64. The van der Waals surface area contributed by atoms with Gasteiger partial charge in [-0.25, -0.2) is 0 Å². The fourth-order valence-electron chi connectivity index (χ4n) is 2.67. The van der Waals surface area contributed by atoms with Crippen molar-refractivity contribution in [3.05, 3.63) is 78.9 Å². The largest absolute Gasteiger partial charge is 0.102 e. The number of aryl methyl sites for hydroxylation is 1. The SMILES string of the molecule is C=CC1(C=C)C=CC=C(c2ccccc2C)C1C. The van der Waals surface area contributed by atoms with E-state index in [0.717, 1.165) is 0 Å². The lowest BCUT2D eigenvalue weighted by atomic mass is 9.68. The van der Waals surface area contributed by atoms with Gasteiger partial charge in [0.2, 0.25) is 0 Å². The van der Waals surface area contributed by atoms with Gasteiger partial charge in [-0.05, 0) is 29.5 Å². The van der Waals surface area contributed by atoms with Crippen LogP contribution < -0.4 is 0 Å². The van der Waals surface area contributed by atoms with Gasteiger partial charge in [0.15, 0.2) is 0 Å². The molecule has 1 aliphatic carbocycles. The number of rotatable bonds is 3. The van der Waals surface area contributed by atoms with Crippen LogP contribution in [-0.2, 0) is 0 Å². The predicted molar refractivity (Wildman–Crippen MR) is 80.3 cm³/mol. The van der Waals surface area contributed by atoms with Crippen molar-refractivity contribution in [3.8, 4) is 0 Å². The first-order valence-electron chi connectivity index (χ1n) is 6.37. The second kappa shape index (κ2) is 4.81. The minimum absolute atomic E-state index is 0.133. The average molecular weight is 236 g/mol. The van der Waals surface area contributed by atoms with Crippen LogP contribution in [-0.4, -0.2) is 0 Å². The normalized spacial score (nSPS) is 21.2. The van der Waals surface area contributed by atoms with Gasteiger partial charge in [0.25, 0.3) is 0 Å². The third-order valence-electron chi connectivity index (χ3n) is 4.04. The van der Waals surface area contributed by atoms with Gasteiger partial charge in [-0.1, -0.05) is 61.6 Å². The van der Waals surface area contributed by atoms with Crippen molar-refractivity contribution in [3.63, 3.8) is 0 Å². The summed E-state index contributed by atoms with van der Waals surface area (Å²) in [7, 11) is 0. The minimum atomic E-state index is -0.133. The predicted octanol–water partition coefficient (Wildman–Crippen LogP) is 4.94. The van der Waals surface area contributed by atoms with Crippen molar-refractivity contribution in [2.24, 2.45) is 11.3 Å². The highest BCUT2D eigenvalue weighted by Crippen LogP contribution is 2.44. The monoisotopic (exact) mass is 236 g/mol. The van der Waals surface area contributed by atoms with Crippen LogP contribution in [0.4, 0.5) is 0 Å². The maximum atomic E-state index is 3.98. The molecule has 0 fully saturated rings. The Morgan fingerprint density at radius 1 is 1.17 bits per heavy atom. The average Bonchev–Trinajstić information content (AvgIpc) is 2.40. The van der Waals surface area contributed by atoms with E-state index in [4.69, 9.17) is 0 Å². The fourth-order valence-corrected chi connectivity index (χ4v) is 2.67. The Hall–Kier alpha value is -1.82. The van der Waals surface area contributed by atoms with Gasteiger partial charge in [0.1, 0.15) is 0 Å². The molecule has 0 radical (unpaired) electrons. The Balaban J connectivity index is 2.51. The smallest absolute Gasteiger partial charge is 0.0306 e. The van der Waals surface area contributed by atoms with E-state index < -0.39 is 0 Å². The fraction of sp³-hybridized carbons (Fsp3) is 0.222. The summed E-state index contributed by atoms with van der Waals surface area (Å²) in [6.07, 6.45) is 10.5. The molecule has 0 N–H and O–H groups in total. The maximum Gasteiger partial charge on any atom is 0.0306 e. The number of benzene rings is 1. The molecule has 0 heteroatoms. The van der Waals surface area contributed by atoms with Crippen LogP contribution in [0.2, 0.25) is 0 Å². The van der Waals surface area contributed by atoms with E-state index in [1.807, 2.05) is 12.2 Å². The molecule has 1 aromatic carbocycles. The third kappa shape index (κ3) is 1.88. The summed E-state index contributed by atoms with van der Waals surface area (Å²) >= 11 is 0. The summed E-state index contributed by atoms with van der Waals surface area (Å²) in [4.78, 5) is 0. The van der Waals surface area contributed by atoms with Gasteiger partial charge in [0.05, 0.1) is 0 Å². The second-order valence-corrected chi connectivity index (χ2v) is 4.93. The molecule has 0 saturated heterocycles. The van der Waals surface area contributed by atoms with Gasteiger partial charge in [-0.15, -0.1) is 13.2 Å². The molecule has 0 aliphatic heterocycles. The van der Waals surface area contributed by atoms with Crippen LogP contribution in [0.3, 0.4) is 0 Å².